The molecule has 0 spiro atoms. The molecule has 2 fully saturated rings. The van der Waals surface area contributed by atoms with Gasteiger partial charge in [-0.05, 0) is 66.8 Å². The molecular formula is C16H25BrN4. The number of aromatic nitrogens is 1. The highest BCUT2D eigenvalue weighted by Crippen LogP contribution is 2.40. The summed E-state index contributed by atoms with van der Waals surface area (Å²) in [4.78, 5) is 7.23. The standard InChI is InChI=1S/C16H25BrN4/c17-13-5-6-14(19-12-13)11-15(20-18)16(7-1-2-8-16)21-9-3-4-10-21/h5-6,12,15,20H,1-4,7-11,18H2. The fourth-order valence-corrected chi connectivity index (χ4v) is 4.41. The molecule has 0 amide bonds. The van der Waals surface area contributed by atoms with Crippen molar-refractivity contribution in [1.82, 2.24) is 15.3 Å². The molecule has 0 aromatic carbocycles. The van der Waals surface area contributed by atoms with Gasteiger partial charge in [-0.2, -0.15) is 0 Å². The summed E-state index contributed by atoms with van der Waals surface area (Å²) in [6.07, 6.45) is 10.6. The lowest BCUT2D eigenvalue weighted by Gasteiger charge is -2.44. The summed E-state index contributed by atoms with van der Waals surface area (Å²) < 4.78 is 1.03. The van der Waals surface area contributed by atoms with Crippen LogP contribution >= 0.6 is 15.9 Å². The van der Waals surface area contributed by atoms with Crippen LogP contribution in [0, 0.1) is 0 Å². The maximum absolute atomic E-state index is 5.97. The second-order valence-electron chi connectivity index (χ2n) is 6.40. The maximum Gasteiger partial charge on any atom is 0.0450 e. The number of nitrogens with two attached hydrogens (primary N) is 1. The fourth-order valence-electron chi connectivity index (χ4n) is 4.18. The Labute approximate surface area is 135 Å². The lowest BCUT2D eigenvalue weighted by Crippen LogP contribution is -2.61. The van der Waals surface area contributed by atoms with Crippen molar-refractivity contribution < 1.29 is 0 Å². The normalized spacial score (nSPS) is 23.5. The Balaban J connectivity index is 1.80. The van der Waals surface area contributed by atoms with Crippen LogP contribution in [0.2, 0.25) is 0 Å². The number of hydrogen-bond donors (Lipinski definition) is 2. The molecule has 1 unspecified atom stereocenters. The minimum atomic E-state index is 0.236. The molecule has 1 saturated heterocycles. The molecule has 1 aromatic rings. The summed E-state index contributed by atoms with van der Waals surface area (Å²) in [7, 11) is 0. The molecule has 21 heavy (non-hydrogen) atoms. The van der Waals surface area contributed by atoms with Crippen molar-refractivity contribution in [3.63, 3.8) is 0 Å². The quantitative estimate of drug-likeness (QED) is 0.631. The number of nitrogens with zero attached hydrogens (tertiary/aromatic N) is 2. The molecule has 116 valence electrons. The third kappa shape index (κ3) is 3.16. The molecule has 1 aliphatic carbocycles. The molecule has 1 saturated carbocycles. The summed E-state index contributed by atoms with van der Waals surface area (Å²) in [5.41, 5.74) is 4.48. The predicted molar refractivity (Wildman–Crippen MR) is 88.8 cm³/mol. The van der Waals surface area contributed by atoms with E-state index in [0.717, 1.165) is 16.6 Å². The Morgan fingerprint density at radius 3 is 2.52 bits per heavy atom. The molecular weight excluding hydrogens is 328 g/mol. The first kappa shape index (κ1) is 15.4. The van der Waals surface area contributed by atoms with E-state index in [-0.39, 0.29) is 11.6 Å². The van der Waals surface area contributed by atoms with Gasteiger partial charge < -0.3 is 0 Å². The van der Waals surface area contributed by atoms with E-state index in [9.17, 15) is 0 Å². The maximum atomic E-state index is 5.97. The van der Waals surface area contributed by atoms with Gasteiger partial charge in [-0.1, -0.05) is 12.8 Å². The Morgan fingerprint density at radius 1 is 1.24 bits per heavy atom. The van der Waals surface area contributed by atoms with Gasteiger partial charge in [-0.3, -0.25) is 21.2 Å². The van der Waals surface area contributed by atoms with E-state index in [1.54, 1.807) is 0 Å². The minimum absolute atomic E-state index is 0.236. The highest BCUT2D eigenvalue weighted by atomic mass is 79.9. The van der Waals surface area contributed by atoms with Crippen molar-refractivity contribution in [1.29, 1.82) is 0 Å². The first-order valence-corrected chi connectivity index (χ1v) is 8.85. The molecule has 2 aliphatic rings. The van der Waals surface area contributed by atoms with Gasteiger partial charge in [0.1, 0.15) is 0 Å². The van der Waals surface area contributed by atoms with Crippen LogP contribution in [-0.4, -0.2) is 34.6 Å². The smallest absolute Gasteiger partial charge is 0.0450 e. The molecule has 4 nitrogen and oxygen atoms in total. The van der Waals surface area contributed by atoms with Crippen LogP contribution in [0.25, 0.3) is 0 Å². The van der Waals surface area contributed by atoms with Crippen molar-refractivity contribution in [2.75, 3.05) is 13.1 Å². The van der Waals surface area contributed by atoms with Gasteiger partial charge in [0.25, 0.3) is 0 Å². The fraction of sp³-hybridized carbons (Fsp3) is 0.688. The average molecular weight is 353 g/mol. The highest BCUT2D eigenvalue weighted by Gasteiger charge is 2.46. The van der Waals surface area contributed by atoms with Crippen LogP contribution in [0.1, 0.15) is 44.2 Å². The van der Waals surface area contributed by atoms with E-state index in [1.807, 2.05) is 6.20 Å². The molecule has 1 aliphatic heterocycles. The summed E-state index contributed by atoms with van der Waals surface area (Å²) in [5.74, 6) is 5.97. The van der Waals surface area contributed by atoms with E-state index in [1.165, 1.54) is 51.6 Å². The van der Waals surface area contributed by atoms with Gasteiger partial charge in [0.2, 0.25) is 0 Å². The summed E-state index contributed by atoms with van der Waals surface area (Å²) >= 11 is 3.45. The van der Waals surface area contributed by atoms with Gasteiger partial charge in [-0.25, -0.2) is 0 Å². The van der Waals surface area contributed by atoms with Crippen molar-refractivity contribution >= 4 is 15.9 Å². The van der Waals surface area contributed by atoms with Gasteiger partial charge in [0, 0.05) is 34.4 Å². The zero-order valence-electron chi connectivity index (χ0n) is 12.5. The first-order valence-electron chi connectivity index (χ1n) is 8.06. The zero-order chi connectivity index (χ0) is 14.7. The number of hydrogen-bond acceptors (Lipinski definition) is 4. The van der Waals surface area contributed by atoms with E-state index < -0.39 is 0 Å². The molecule has 0 bridgehead atoms. The summed E-state index contributed by atoms with van der Waals surface area (Å²) in [5, 5.41) is 0. The number of hydrazine groups is 1. The monoisotopic (exact) mass is 352 g/mol. The van der Waals surface area contributed by atoms with Gasteiger partial charge in [0.15, 0.2) is 0 Å². The number of nitrogens with one attached hydrogen (secondary N) is 1. The van der Waals surface area contributed by atoms with Crippen LogP contribution in [-0.2, 0) is 6.42 Å². The highest BCUT2D eigenvalue weighted by molar-refractivity contribution is 9.10. The minimum Gasteiger partial charge on any atom is -0.296 e. The first-order chi connectivity index (χ1) is 10.2. The Hall–Kier alpha value is -0.490. The molecule has 1 atom stereocenters. The summed E-state index contributed by atoms with van der Waals surface area (Å²) in [6.45, 7) is 2.46. The predicted octanol–water partition coefficient (Wildman–Crippen LogP) is 2.63. The molecule has 5 heteroatoms. The number of rotatable bonds is 5. The lowest BCUT2D eigenvalue weighted by molar-refractivity contribution is 0.0762. The number of pyridine rings is 1. The molecule has 2 heterocycles. The number of halogens is 1. The number of likely N-dealkylation sites (tertiary alicyclic amines) is 1. The van der Waals surface area contributed by atoms with Crippen molar-refractivity contribution in [3.8, 4) is 0 Å². The van der Waals surface area contributed by atoms with Crippen LogP contribution in [0.15, 0.2) is 22.8 Å². The van der Waals surface area contributed by atoms with Crippen LogP contribution in [0.3, 0.4) is 0 Å². The van der Waals surface area contributed by atoms with E-state index in [4.69, 9.17) is 5.84 Å². The Kier molecular flexibility index (Phi) is 4.94. The van der Waals surface area contributed by atoms with Gasteiger partial charge in [0.05, 0.1) is 0 Å². The average Bonchev–Trinajstić information content (AvgIpc) is 3.18. The van der Waals surface area contributed by atoms with Crippen LogP contribution in [0.5, 0.6) is 0 Å². The molecule has 1 aromatic heterocycles. The molecule has 3 N–H and O–H groups in total. The van der Waals surface area contributed by atoms with Crippen molar-refractivity contribution in [2.24, 2.45) is 5.84 Å². The van der Waals surface area contributed by atoms with Crippen molar-refractivity contribution in [3.05, 3.63) is 28.5 Å². The second kappa shape index (κ2) is 6.73. The molecule has 3 rings (SSSR count). The Bertz CT molecular complexity index is 450. The van der Waals surface area contributed by atoms with Crippen LogP contribution < -0.4 is 11.3 Å². The zero-order valence-corrected chi connectivity index (χ0v) is 14.1. The largest absolute Gasteiger partial charge is 0.296 e. The SMILES string of the molecule is NNC(Cc1ccc(Br)cn1)C1(N2CCCC2)CCCC1. The Morgan fingerprint density at radius 2 is 1.95 bits per heavy atom. The third-order valence-electron chi connectivity index (χ3n) is 5.26. The second-order valence-corrected chi connectivity index (χ2v) is 7.31. The van der Waals surface area contributed by atoms with Crippen LogP contribution in [0.4, 0.5) is 0 Å². The van der Waals surface area contributed by atoms with E-state index in [2.05, 4.69) is 43.4 Å². The van der Waals surface area contributed by atoms with Crippen molar-refractivity contribution in [2.45, 2.75) is 56.5 Å². The summed E-state index contributed by atoms with van der Waals surface area (Å²) in [6, 6.07) is 4.44. The van der Waals surface area contributed by atoms with E-state index in [0.29, 0.717) is 0 Å². The van der Waals surface area contributed by atoms with Gasteiger partial charge >= 0.3 is 0 Å². The van der Waals surface area contributed by atoms with Gasteiger partial charge in [-0.15, -0.1) is 0 Å². The topological polar surface area (TPSA) is 54.2 Å². The third-order valence-corrected chi connectivity index (χ3v) is 5.73. The lowest BCUT2D eigenvalue weighted by atomic mass is 9.84. The molecule has 0 radical (unpaired) electrons. The van der Waals surface area contributed by atoms with E-state index >= 15 is 0 Å².